The summed E-state index contributed by atoms with van der Waals surface area (Å²) in [6.07, 6.45) is 1.73. The Hall–Kier alpha value is -2.60. The molecule has 0 saturated carbocycles. The molecule has 0 aliphatic heterocycles. The number of nitrogens with one attached hydrogen (secondary N) is 1. The minimum Gasteiger partial charge on any atom is -0.337 e. The standard InChI is InChI=1S/C15H9FN4S/c16-9-4-3-6-10-13(9)20-14(18-10)12-8-21-15(19-12)11-5-1-2-7-17-11/h1-8H,(H,18,20). The Morgan fingerprint density at radius 2 is 1.95 bits per heavy atom. The molecule has 6 heteroatoms. The summed E-state index contributed by atoms with van der Waals surface area (Å²) in [5.74, 6) is 0.226. The van der Waals surface area contributed by atoms with Gasteiger partial charge in [-0.1, -0.05) is 12.1 Å². The van der Waals surface area contributed by atoms with Crippen molar-refractivity contribution < 1.29 is 4.39 Å². The van der Waals surface area contributed by atoms with Crippen LogP contribution in [0.15, 0.2) is 48.0 Å². The molecular formula is C15H9FN4S. The molecule has 21 heavy (non-hydrogen) atoms. The first-order valence-corrected chi connectivity index (χ1v) is 7.21. The third kappa shape index (κ3) is 2.09. The molecular weight excluding hydrogens is 287 g/mol. The highest BCUT2D eigenvalue weighted by atomic mass is 32.1. The summed E-state index contributed by atoms with van der Waals surface area (Å²) in [5.41, 5.74) is 2.50. The second-order valence-electron chi connectivity index (χ2n) is 4.47. The molecule has 0 fully saturated rings. The van der Waals surface area contributed by atoms with Crippen molar-refractivity contribution in [3.8, 4) is 22.2 Å². The summed E-state index contributed by atoms with van der Waals surface area (Å²) in [6.45, 7) is 0. The Morgan fingerprint density at radius 1 is 1.00 bits per heavy atom. The van der Waals surface area contributed by atoms with E-state index in [9.17, 15) is 4.39 Å². The van der Waals surface area contributed by atoms with Gasteiger partial charge in [-0.2, -0.15) is 0 Å². The third-order valence-electron chi connectivity index (χ3n) is 3.09. The van der Waals surface area contributed by atoms with Crippen LogP contribution in [0.3, 0.4) is 0 Å². The average Bonchev–Trinajstić information content (AvgIpc) is 3.15. The largest absolute Gasteiger partial charge is 0.337 e. The van der Waals surface area contributed by atoms with Gasteiger partial charge in [-0.3, -0.25) is 4.98 Å². The van der Waals surface area contributed by atoms with Crippen LogP contribution in [0.2, 0.25) is 0 Å². The molecule has 4 aromatic rings. The lowest BCUT2D eigenvalue weighted by Gasteiger charge is -1.92. The van der Waals surface area contributed by atoms with Crippen LogP contribution in [-0.4, -0.2) is 19.9 Å². The van der Waals surface area contributed by atoms with E-state index in [1.54, 1.807) is 18.3 Å². The van der Waals surface area contributed by atoms with E-state index in [2.05, 4.69) is 19.9 Å². The monoisotopic (exact) mass is 296 g/mol. The van der Waals surface area contributed by atoms with Gasteiger partial charge in [0, 0.05) is 11.6 Å². The molecule has 1 N–H and O–H groups in total. The number of para-hydroxylation sites is 1. The van der Waals surface area contributed by atoms with E-state index in [4.69, 9.17) is 0 Å². The molecule has 0 aliphatic carbocycles. The van der Waals surface area contributed by atoms with Crippen LogP contribution in [0.1, 0.15) is 0 Å². The number of benzene rings is 1. The molecule has 4 rings (SSSR count). The van der Waals surface area contributed by atoms with Gasteiger partial charge in [0.1, 0.15) is 16.2 Å². The number of aromatic amines is 1. The SMILES string of the molecule is Fc1cccc2[nH]c(-c3csc(-c4ccccn4)n3)nc12. The predicted octanol–water partition coefficient (Wildman–Crippen LogP) is 3.89. The quantitative estimate of drug-likeness (QED) is 0.610. The van der Waals surface area contributed by atoms with Gasteiger partial charge in [-0.05, 0) is 24.3 Å². The van der Waals surface area contributed by atoms with Crippen LogP contribution in [0.5, 0.6) is 0 Å². The topological polar surface area (TPSA) is 54.5 Å². The molecule has 0 amide bonds. The maximum atomic E-state index is 13.7. The smallest absolute Gasteiger partial charge is 0.158 e. The molecule has 0 saturated heterocycles. The van der Waals surface area contributed by atoms with E-state index < -0.39 is 0 Å². The van der Waals surface area contributed by atoms with Gasteiger partial charge in [0.05, 0.1) is 11.2 Å². The number of pyridine rings is 1. The fourth-order valence-electron chi connectivity index (χ4n) is 2.11. The number of hydrogen-bond donors (Lipinski definition) is 1. The van der Waals surface area contributed by atoms with Gasteiger partial charge in [0.25, 0.3) is 0 Å². The number of rotatable bonds is 2. The molecule has 4 nitrogen and oxygen atoms in total. The summed E-state index contributed by atoms with van der Waals surface area (Å²) in [5, 5.41) is 2.70. The van der Waals surface area contributed by atoms with Gasteiger partial charge >= 0.3 is 0 Å². The van der Waals surface area contributed by atoms with E-state index in [1.165, 1.54) is 17.4 Å². The van der Waals surface area contributed by atoms with Gasteiger partial charge in [0.2, 0.25) is 0 Å². The van der Waals surface area contributed by atoms with Crippen molar-refractivity contribution in [1.82, 2.24) is 19.9 Å². The molecule has 1 aromatic carbocycles. The lowest BCUT2D eigenvalue weighted by molar-refractivity contribution is 0.637. The average molecular weight is 296 g/mol. The molecule has 102 valence electrons. The number of imidazole rings is 1. The molecule has 0 bridgehead atoms. The molecule has 0 radical (unpaired) electrons. The highest BCUT2D eigenvalue weighted by Crippen LogP contribution is 2.27. The third-order valence-corrected chi connectivity index (χ3v) is 3.96. The second-order valence-corrected chi connectivity index (χ2v) is 5.33. The van der Waals surface area contributed by atoms with Crippen LogP contribution < -0.4 is 0 Å². The van der Waals surface area contributed by atoms with Gasteiger partial charge < -0.3 is 4.98 Å². The fourth-order valence-corrected chi connectivity index (χ4v) is 2.89. The zero-order valence-electron chi connectivity index (χ0n) is 10.7. The van der Waals surface area contributed by atoms with Crippen molar-refractivity contribution in [3.05, 3.63) is 53.8 Å². The highest BCUT2D eigenvalue weighted by Gasteiger charge is 2.12. The molecule has 3 aromatic heterocycles. The van der Waals surface area contributed by atoms with Crippen molar-refractivity contribution >= 4 is 22.4 Å². The van der Waals surface area contributed by atoms with E-state index in [0.717, 1.165) is 10.7 Å². The summed E-state index contributed by atoms with van der Waals surface area (Å²) in [7, 11) is 0. The summed E-state index contributed by atoms with van der Waals surface area (Å²) < 4.78 is 13.7. The maximum Gasteiger partial charge on any atom is 0.158 e. The van der Waals surface area contributed by atoms with Gasteiger partial charge in [0.15, 0.2) is 11.6 Å². The molecule has 0 aliphatic rings. The van der Waals surface area contributed by atoms with Crippen LogP contribution in [0.25, 0.3) is 33.3 Å². The van der Waals surface area contributed by atoms with E-state index in [1.807, 2.05) is 23.6 Å². The Bertz CT molecular complexity index is 914. The lowest BCUT2D eigenvalue weighted by atomic mass is 10.3. The number of H-pyrrole nitrogens is 1. The summed E-state index contributed by atoms with van der Waals surface area (Å²) in [6, 6.07) is 10.5. The zero-order chi connectivity index (χ0) is 14.2. The number of nitrogens with zero attached hydrogens (tertiary/aromatic N) is 3. The minimum atomic E-state index is -0.338. The molecule has 3 heterocycles. The maximum absolute atomic E-state index is 13.7. The number of thiazole rings is 1. The first-order valence-electron chi connectivity index (χ1n) is 6.33. The summed E-state index contributed by atoms with van der Waals surface area (Å²) in [4.78, 5) is 16.2. The predicted molar refractivity (Wildman–Crippen MR) is 80.4 cm³/mol. The molecule has 0 unspecified atom stereocenters. The van der Waals surface area contributed by atoms with Crippen LogP contribution >= 0.6 is 11.3 Å². The Kier molecular flexibility index (Phi) is 2.75. The Balaban J connectivity index is 1.79. The van der Waals surface area contributed by atoms with E-state index in [0.29, 0.717) is 22.6 Å². The first kappa shape index (κ1) is 12.2. The van der Waals surface area contributed by atoms with Crippen molar-refractivity contribution in [2.45, 2.75) is 0 Å². The van der Waals surface area contributed by atoms with Crippen molar-refractivity contribution in [2.75, 3.05) is 0 Å². The van der Waals surface area contributed by atoms with Crippen LogP contribution in [-0.2, 0) is 0 Å². The second kappa shape index (κ2) is 4.75. The first-order chi connectivity index (χ1) is 10.3. The van der Waals surface area contributed by atoms with Gasteiger partial charge in [-0.15, -0.1) is 11.3 Å². The van der Waals surface area contributed by atoms with Crippen molar-refractivity contribution in [2.24, 2.45) is 0 Å². The lowest BCUT2D eigenvalue weighted by Crippen LogP contribution is -1.83. The van der Waals surface area contributed by atoms with Crippen molar-refractivity contribution in [3.63, 3.8) is 0 Å². The fraction of sp³-hybridized carbons (Fsp3) is 0. The van der Waals surface area contributed by atoms with Crippen LogP contribution in [0, 0.1) is 5.82 Å². The number of fused-ring (bicyclic) bond motifs is 1. The van der Waals surface area contributed by atoms with Crippen LogP contribution in [0.4, 0.5) is 4.39 Å². The Morgan fingerprint density at radius 3 is 2.76 bits per heavy atom. The highest BCUT2D eigenvalue weighted by molar-refractivity contribution is 7.13. The summed E-state index contributed by atoms with van der Waals surface area (Å²) >= 11 is 1.48. The van der Waals surface area contributed by atoms with E-state index in [-0.39, 0.29) is 5.82 Å². The normalized spacial score (nSPS) is 11.1. The zero-order valence-corrected chi connectivity index (χ0v) is 11.6. The number of halogens is 1. The minimum absolute atomic E-state index is 0.333. The van der Waals surface area contributed by atoms with Gasteiger partial charge in [-0.25, -0.2) is 14.4 Å². The molecule has 0 spiro atoms. The number of hydrogen-bond acceptors (Lipinski definition) is 4. The Labute approximate surface area is 123 Å². The molecule has 0 atom stereocenters. The van der Waals surface area contributed by atoms with Crippen molar-refractivity contribution in [1.29, 1.82) is 0 Å². The number of aromatic nitrogens is 4. The van der Waals surface area contributed by atoms with E-state index >= 15 is 0 Å².